The monoisotopic (exact) mass is 585 g/mol. The predicted molar refractivity (Wildman–Crippen MR) is 181 cm³/mol. The molecular weight excluding hydrogens is 554 g/mol. The highest BCUT2D eigenvalue weighted by Gasteiger charge is 2.38. The van der Waals surface area contributed by atoms with E-state index < -0.39 is 0 Å². The van der Waals surface area contributed by atoms with Gasteiger partial charge in [-0.3, -0.25) is 9.13 Å². The maximum absolute atomic E-state index is 12.7. The topological polar surface area (TPSA) is 65.6 Å². The summed E-state index contributed by atoms with van der Waals surface area (Å²) in [4.78, 5) is 27.8. The minimum absolute atomic E-state index is 0.0427. The van der Waals surface area contributed by atoms with Gasteiger partial charge in [0, 0.05) is 41.8 Å². The van der Waals surface area contributed by atoms with Gasteiger partial charge in [0.05, 0.1) is 11.0 Å². The second kappa shape index (κ2) is 9.96. The number of hydrogen-bond donors (Lipinski definition) is 0. The third-order valence-corrected chi connectivity index (χ3v) is 9.23. The van der Waals surface area contributed by atoms with Crippen LogP contribution in [0.3, 0.4) is 0 Å². The summed E-state index contributed by atoms with van der Waals surface area (Å²) in [6.07, 6.45) is 0. The summed E-state index contributed by atoms with van der Waals surface area (Å²) in [5.41, 5.74) is 11.5. The summed E-state index contributed by atoms with van der Waals surface area (Å²) in [6.45, 7) is 4.56. The molecule has 0 radical (unpaired) electrons. The highest BCUT2D eigenvalue weighted by molar-refractivity contribution is 5.93. The van der Waals surface area contributed by atoms with E-state index in [2.05, 4.69) is 86.6 Å². The summed E-state index contributed by atoms with van der Waals surface area (Å²) in [5.74, 6) is 1.90. The SMILES string of the molecule is Cn1c(=O)n(C)c2c(-c3ccc(-c4nc(-c5ccccc5)nc(-c5cccc6c5C(C)(C)c5ccccc5-6)n4)cc3)cccc21. The number of imidazole rings is 1. The maximum Gasteiger partial charge on any atom is 0.328 e. The Morgan fingerprint density at radius 1 is 0.511 bits per heavy atom. The molecule has 0 saturated carbocycles. The van der Waals surface area contributed by atoms with Crippen LogP contribution in [-0.2, 0) is 19.5 Å². The average Bonchev–Trinajstić information content (AvgIpc) is 3.46. The minimum atomic E-state index is -0.206. The number of nitrogens with zero attached hydrogens (tertiary/aromatic N) is 5. The van der Waals surface area contributed by atoms with Crippen LogP contribution in [0.25, 0.3) is 67.5 Å². The Labute approximate surface area is 261 Å². The van der Waals surface area contributed by atoms with Crippen LogP contribution in [0.1, 0.15) is 25.0 Å². The second-order valence-electron chi connectivity index (χ2n) is 12.2. The molecule has 45 heavy (non-hydrogen) atoms. The van der Waals surface area contributed by atoms with Gasteiger partial charge in [-0.15, -0.1) is 0 Å². The number of benzene rings is 5. The lowest BCUT2D eigenvalue weighted by Gasteiger charge is -2.24. The van der Waals surface area contributed by atoms with Gasteiger partial charge < -0.3 is 0 Å². The Balaban J connectivity index is 1.29. The maximum atomic E-state index is 12.7. The molecule has 7 aromatic rings. The van der Waals surface area contributed by atoms with Crippen LogP contribution in [0.15, 0.2) is 120 Å². The number of fused-ring (bicyclic) bond motifs is 4. The highest BCUT2D eigenvalue weighted by atomic mass is 16.1. The molecule has 0 aliphatic heterocycles. The normalized spacial score (nSPS) is 13.2. The van der Waals surface area contributed by atoms with Crippen LogP contribution in [0.5, 0.6) is 0 Å². The molecule has 2 heterocycles. The summed E-state index contributed by atoms with van der Waals surface area (Å²) < 4.78 is 3.39. The van der Waals surface area contributed by atoms with Crippen LogP contribution in [0.4, 0.5) is 0 Å². The molecule has 6 nitrogen and oxygen atoms in total. The van der Waals surface area contributed by atoms with Gasteiger partial charge >= 0.3 is 5.69 Å². The Hall–Kier alpha value is -5.62. The molecule has 218 valence electrons. The van der Waals surface area contributed by atoms with Crippen molar-refractivity contribution in [3.05, 3.63) is 137 Å². The van der Waals surface area contributed by atoms with E-state index in [1.165, 1.54) is 22.3 Å². The van der Waals surface area contributed by atoms with Crippen molar-refractivity contribution in [3.63, 3.8) is 0 Å². The van der Waals surface area contributed by atoms with Crippen LogP contribution >= 0.6 is 0 Å². The molecule has 0 bridgehead atoms. The van der Waals surface area contributed by atoms with Gasteiger partial charge in [-0.1, -0.05) is 123 Å². The van der Waals surface area contributed by atoms with E-state index in [4.69, 9.17) is 15.0 Å². The third kappa shape index (κ3) is 4.09. The Morgan fingerprint density at radius 3 is 1.82 bits per heavy atom. The Kier molecular flexibility index (Phi) is 5.97. The van der Waals surface area contributed by atoms with Crippen molar-refractivity contribution < 1.29 is 0 Å². The van der Waals surface area contributed by atoms with Crippen LogP contribution < -0.4 is 5.69 Å². The fourth-order valence-corrected chi connectivity index (χ4v) is 6.99. The van der Waals surface area contributed by atoms with E-state index in [-0.39, 0.29) is 11.1 Å². The lowest BCUT2D eigenvalue weighted by Crippen LogP contribution is -2.19. The van der Waals surface area contributed by atoms with E-state index in [9.17, 15) is 4.79 Å². The van der Waals surface area contributed by atoms with E-state index in [0.29, 0.717) is 17.5 Å². The molecule has 8 rings (SSSR count). The number of hydrogen-bond acceptors (Lipinski definition) is 4. The first-order valence-corrected chi connectivity index (χ1v) is 15.1. The van der Waals surface area contributed by atoms with Gasteiger partial charge in [-0.2, -0.15) is 0 Å². The van der Waals surface area contributed by atoms with Crippen molar-refractivity contribution in [2.45, 2.75) is 19.3 Å². The fourth-order valence-electron chi connectivity index (χ4n) is 6.99. The summed E-state index contributed by atoms with van der Waals surface area (Å²) in [6, 6.07) is 39.4. The Bertz CT molecular complexity index is 2330. The molecule has 0 N–H and O–H groups in total. The molecule has 0 atom stereocenters. The molecule has 0 fully saturated rings. The average molecular weight is 586 g/mol. The lowest BCUT2D eigenvalue weighted by atomic mass is 9.80. The zero-order valence-corrected chi connectivity index (χ0v) is 25.6. The largest absolute Gasteiger partial charge is 0.328 e. The van der Waals surface area contributed by atoms with Crippen LogP contribution in [0.2, 0.25) is 0 Å². The van der Waals surface area contributed by atoms with E-state index >= 15 is 0 Å². The summed E-state index contributed by atoms with van der Waals surface area (Å²) in [7, 11) is 3.63. The molecular formula is C39H31N5O. The standard InChI is InChI=1S/C39H31N5O/c1-39(2)31-18-9-8-14-28(31)29-16-10-17-30(33(29)39)37-41-35(25-12-6-5-7-13-25)40-36(42-37)26-22-20-24(21-23-26)27-15-11-19-32-34(27)44(4)38(45)43(32)3/h5-23H,1-4H3. The molecule has 0 amide bonds. The van der Waals surface area contributed by atoms with Gasteiger partial charge in [0.1, 0.15) is 0 Å². The number of aryl methyl sites for hydroxylation is 2. The smallest absolute Gasteiger partial charge is 0.295 e. The highest BCUT2D eigenvalue weighted by Crippen LogP contribution is 2.51. The number of para-hydroxylation sites is 1. The third-order valence-electron chi connectivity index (χ3n) is 9.23. The van der Waals surface area contributed by atoms with Gasteiger partial charge in [-0.05, 0) is 33.9 Å². The Morgan fingerprint density at radius 2 is 1.07 bits per heavy atom. The summed E-state index contributed by atoms with van der Waals surface area (Å²) in [5, 5.41) is 0. The van der Waals surface area contributed by atoms with Gasteiger partial charge in [-0.25, -0.2) is 19.7 Å². The van der Waals surface area contributed by atoms with Crippen molar-refractivity contribution in [3.8, 4) is 56.4 Å². The van der Waals surface area contributed by atoms with E-state index in [1.54, 1.807) is 9.13 Å². The van der Waals surface area contributed by atoms with Crippen molar-refractivity contribution in [1.82, 2.24) is 24.1 Å². The molecule has 1 aliphatic carbocycles. The number of aromatic nitrogens is 5. The zero-order chi connectivity index (χ0) is 30.9. The quantitative estimate of drug-likeness (QED) is 0.210. The molecule has 0 unspecified atom stereocenters. The molecule has 5 aromatic carbocycles. The van der Waals surface area contributed by atoms with Crippen LogP contribution in [0, 0.1) is 0 Å². The molecule has 2 aromatic heterocycles. The zero-order valence-electron chi connectivity index (χ0n) is 25.6. The van der Waals surface area contributed by atoms with E-state index in [0.717, 1.165) is 38.9 Å². The summed E-state index contributed by atoms with van der Waals surface area (Å²) >= 11 is 0. The second-order valence-corrected chi connectivity index (χ2v) is 12.2. The fraction of sp³-hybridized carbons (Fsp3) is 0.128. The van der Waals surface area contributed by atoms with Crippen molar-refractivity contribution in [2.24, 2.45) is 14.1 Å². The minimum Gasteiger partial charge on any atom is -0.295 e. The van der Waals surface area contributed by atoms with Gasteiger partial charge in [0.2, 0.25) is 0 Å². The first-order valence-electron chi connectivity index (χ1n) is 15.1. The first-order chi connectivity index (χ1) is 21.8. The molecule has 0 saturated heterocycles. The van der Waals surface area contributed by atoms with E-state index in [1.807, 2.05) is 56.6 Å². The van der Waals surface area contributed by atoms with Crippen molar-refractivity contribution >= 4 is 11.0 Å². The van der Waals surface area contributed by atoms with Gasteiger partial charge in [0.25, 0.3) is 0 Å². The van der Waals surface area contributed by atoms with Gasteiger partial charge in [0.15, 0.2) is 17.5 Å². The lowest BCUT2D eigenvalue weighted by molar-refractivity contribution is 0.661. The van der Waals surface area contributed by atoms with Crippen molar-refractivity contribution in [1.29, 1.82) is 0 Å². The molecule has 1 aliphatic rings. The predicted octanol–water partition coefficient (Wildman–Crippen LogP) is 8.04. The molecule has 0 spiro atoms. The first kappa shape index (κ1) is 27.0. The van der Waals surface area contributed by atoms with Crippen molar-refractivity contribution in [2.75, 3.05) is 0 Å². The van der Waals surface area contributed by atoms with Crippen LogP contribution in [-0.4, -0.2) is 24.1 Å². The molecule has 6 heteroatoms. The number of rotatable bonds is 4.